The maximum atomic E-state index is 13.7. The smallest absolute Gasteiger partial charge is 0.237 e. The van der Waals surface area contributed by atoms with E-state index in [1.54, 1.807) is 0 Å². The second-order valence-corrected chi connectivity index (χ2v) is 17.7. The number of aliphatic hydroxyl groups excluding tert-OH is 2. The van der Waals surface area contributed by atoms with Gasteiger partial charge in [0.05, 0.1) is 11.1 Å². The first-order valence-corrected chi connectivity index (χ1v) is 17.8. The fourth-order valence-electron chi connectivity index (χ4n) is 6.19. The Labute approximate surface area is 226 Å². The van der Waals surface area contributed by atoms with Crippen molar-refractivity contribution < 1.29 is 19.7 Å². The van der Waals surface area contributed by atoms with Gasteiger partial charge in [-0.15, -0.1) is 0 Å². The van der Waals surface area contributed by atoms with Crippen LogP contribution in [0.25, 0.3) is 22.3 Å². The summed E-state index contributed by atoms with van der Waals surface area (Å²) in [5.41, 5.74) is 6.43. The van der Waals surface area contributed by atoms with Crippen molar-refractivity contribution >= 4 is 30.6 Å². The van der Waals surface area contributed by atoms with Crippen LogP contribution in [0.3, 0.4) is 0 Å². The molecule has 0 fully saturated rings. The molecule has 206 valence electrons. The summed E-state index contributed by atoms with van der Waals surface area (Å²) >= 11 is 0. The molecule has 2 aromatic heterocycles. The molecule has 0 saturated carbocycles. The van der Waals surface area contributed by atoms with E-state index in [-0.39, 0.29) is 19.1 Å². The second kappa shape index (κ2) is 10.6. The maximum Gasteiger partial charge on any atom is 0.237 e. The molecular weight excluding hydrogens is 496 g/mol. The van der Waals surface area contributed by atoms with Crippen molar-refractivity contribution in [1.82, 2.24) is 14.8 Å². The van der Waals surface area contributed by atoms with Crippen LogP contribution >= 0.6 is 0 Å². The van der Waals surface area contributed by atoms with Crippen molar-refractivity contribution in [2.45, 2.75) is 83.3 Å². The van der Waals surface area contributed by atoms with E-state index in [0.29, 0.717) is 26.1 Å². The molecule has 0 unspecified atom stereocenters. The first kappa shape index (κ1) is 27.1. The molecule has 9 heteroatoms. The van der Waals surface area contributed by atoms with Gasteiger partial charge >= 0.3 is 0 Å². The highest BCUT2D eigenvalue weighted by atomic mass is 28.3. The standard InChI is InChI=1S/C29H42N4O4Si/c1-5-11-33-25-16-22-21-8-6-7-20-18-32(19-37-14-15-38(2,3)4)31-26(20)27(21)30-24(22)17-23(25)29(9-12-34,10-13-35)28(33)36/h16-18,30,34-35H,5-15,19H2,1-4H3. The molecule has 3 aromatic rings. The predicted octanol–water partition coefficient (Wildman–Crippen LogP) is 4.59. The number of hydrogen-bond donors (Lipinski definition) is 3. The number of aromatic nitrogens is 3. The summed E-state index contributed by atoms with van der Waals surface area (Å²) in [6, 6.07) is 5.39. The number of nitrogens with one attached hydrogen (secondary N) is 1. The lowest BCUT2D eigenvalue weighted by molar-refractivity contribution is -0.124. The molecule has 38 heavy (non-hydrogen) atoms. The van der Waals surface area contributed by atoms with Gasteiger partial charge in [0.1, 0.15) is 12.4 Å². The molecular formula is C29H42N4O4Si. The molecule has 1 aliphatic carbocycles. The summed E-state index contributed by atoms with van der Waals surface area (Å²) < 4.78 is 7.89. The number of benzene rings is 1. The number of carbonyl (C=O) groups excluding carboxylic acids is 1. The zero-order valence-corrected chi connectivity index (χ0v) is 24.3. The lowest BCUT2D eigenvalue weighted by atomic mass is 9.76. The molecule has 0 bridgehead atoms. The van der Waals surface area contributed by atoms with Gasteiger partial charge in [0.25, 0.3) is 0 Å². The first-order chi connectivity index (χ1) is 18.2. The Morgan fingerprint density at radius 2 is 1.92 bits per heavy atom. The van der Waals surface area contributed by atoms with Gasteiger partial charge in [0, 0.05) is 57.2 Å². The monoisotopic (exact) mass is 538 g/mol. The van der Waals surface area contributed by atoms with Gasteiger partial charge in [-0.2, -0.15) is 5.10 Å². The summed E-state index contributed by atoms with van der Waals surface area (Å²) in [5, 5.41) is 25.9. The SMILES string of the molecule is CCCN1C(=O)C(CCO)(CCO)c2cc3[nH]c4c(c3cc21)CCCc1cn(COCC[Si](C)(C)C)nc1-4. The van der Waals surface area contributed by atoms with Crippen molar-refractivity contribution in [1.29, 1.82) is 0 Å². The fraction of sp³-hybridized carbons (Fsp3) is 0.586. The highest BCUT2D eigenvalue weighted by Crippen LogP contribution is 2.49. The molecule has 2 aliphatic rings. The number of carbonyl (C=O) groups is 1. The lowest BCUT2D eigenvalue weighted by Gasteiger charge is -2.27. The fourth-order valence-corrected chi connectivity index (χ4v) is 6.94. The zero-order chi connectivity index (χ0) is 27.1. The molecule has 3 N–H and O–H groups in total. The third-order valence-corrected chi connectivity index (χ3v) is 9.88. The summed E-state index contributed by atoms with van der Waals surface area (Å²) in [5.74, 6) is -0.00801. The Kier molecular flexibility index (Phi) is 7.56. The maximum absolute atomic E-state index is 13.7. The van der Waals surface area contributed by atoms with Gasteiger partial charge in [-0.3, -0.25) is 4.79 Å². The number of fused-ring (bicyclic) bond motifs is 6. The summed E-state index contributed by atoms with van der Waals surface area (Å²) in [4.78, 5) is 19.2. The Bertz CT molecular complexity index is 1320. The first-order valence-electron chi connectivity index (χ1n) is 14.1. The van der Waals surface area contributed by atoms with E-state index in [1.807, 2.05) is 9.58 Å². The number of anilines is 1. The van der Waals surface area contributed by atoms with Crippen molar-refractivity contribution in [3.8, 4) is 11.4 Å². The van der Waals surface area contributed by atoms with E-state index in [9.17, 15) is 15.0 Å². The number of aryl methyl sites for hydroxylation is 2. The van der Waals surface area contributed by atoms with Crippen LogP contribution in [0.1, 0.15) is 49.3 Å². The Morgan fingerprint density at radius 3 is 2.61 bits per heavy atom. The molecule has 1 aliphatic heterocycles. The van der Waals surface area contributed by atoms with E-state index in [0.717, 1.165) is 71.9 Å². The normalized spacial score (nSPS) is 16.6. The minimum absolute atomic E-state index is 0.00801. The van der Waals surface area contributed by atoms with Crippen LogP contribution in [0.15, 0.2) is 18.3 Å². The largest absolute Gasteiger partial charge is 0.396 e. The molecule has 8 nitrogen and oxygen atoms in total. The molecule has 5 rings (SSSR count). The molecule has 0 spiro atoms. The molecule has 1 aromatic carbocycles. The number of H-pyrrole nitrogens is 1. The van der Waals surface area contributed by atoms with Crippen LogP contribution in [0, 0.1) is 0 Å². The Morgan fingerprint density at radius 1 is 1.16 bits per heavy atom. The average molecular weight is 539 g/mol. The van der Waals surface area contributed by atoms with Crippen LogP contribution in [-0.4, -0.2) is 65.3 Å². The minimum atomic E-state index is -1.13. The second-order valence-electron chi connectivity index (χ2n) is 12.1. The van der Waals surface area contributed by atoms with Gasteiger partial charge < -0.3 is 24.8 Å². The topological polar surface area (TPSA) is 104 Å². The number of rotatable bonds is 11. The Balaban J connectivity index is 1.55. The molecule has 0 saturated heterocycles. The molecule has 1 amide bonds. The van der Waals surface area contributed by atoms with Crippen LogP contribution in [0.4, 0.5) is 5.69 Å². The lowest BCUT2D eigenvalue weighted by Crippen LogP contribution is -2.42. The van der Waals surface area contributed by atoms with Crippen molar-refractivity contribution in [3.05, 3.63) is 35.0 Å². The van der Waals surface area contributed by atoms with Crippen LogP contribution in [0.5, 0.6) is 0 Å². The summed E-state index contributed by atoms with van der Waals surface area (Å²) in [6.45, 7) is 10.8. The Hall–Kier alpha value is -2.46. The average Bonchev–Trinajstić information content (AvgIpc) is 3.45. The number of amides is 1. The predicted molar refractivity (Wildman–Crippen MR) is 153 cm³/mol. The third-order valence-electron chi connectivity index (χ3n) is 8.17. The van der Waals surface area contributed by atoms with Crippen molar-refractivity contribution in [2.75, 3.05) is 31.3 Å². The van der Waals surface area contributed by atoms with Crippen LogP contribution < -0.4 is 4.90 Å². The van der Waals surface area contributed by atoms with E-state index in [1.165, 1.54) is 11.1 Å². The molecule has 0 atom stereocenters. The van der Waals surface area contributed by atoms with E-state index < -0.39 is 13.5 Å². The third kappa shape index (κ3) is 4.74. The number of aliphatic hydroxyl groups is 2. The van der Waals surface area contributed by atoms with Crippen LogP contribution in [0.2, 0.25) is 25.7 Å². The molecule has 0 radical (unpaired) electrons. The van der Waals surface area contributed by atoms with E-state index in [4.69, 9.17) is 9.84 Å². The quantitative estimate of drug-likeness (QED) is 0.245. The highest BCUT2D eigenvalue weighted by molar-refractivity contribution is 6.76. The van der Waals surface area contributed by atoms with E-state index in [2.05, 4.69) is 49.9 Å². The van der Waals surface area contributed by atoms with Gasteiger partial charge in [0.2, 0.25) is 5.91 Å². The molecule has 3 heterocycles. The van der Waals surface area contributed by atoms with Gasteiger partial charge in [-0.05, 0) is 73.4 Å². The highest BCUT2D eigenvalue weighted by Gasteiger charge is 2.50. The number of nitrogens with zero attached hydrogens (tertiary/aromatic N) is 3. The van der Waals surface area contributed by atoms with Crippen molar-refractivity contribution in [3.63, 3.8) is 0 Å². The summed E-state index contributed by atoms with van der Waals surface area (Å²) in [6.07, 6.45) is 6.51. The summed E-state index contributed by atoms with van der Waals surface area (Å²) in [7, 11) is -1.13. The van der Waals surface area contributed by atoms with Gasteiger partial charge in [-0.1, -0.05) is 26.6 Å². The number of aromatic amines is 1. The van der Waals surface area contributed by atoms with Gasteiger partial charge in [-0.25, -0.2) is 4.68 Å². The zero-order valence-electron chi connectivity index (χ0n) is 23.3. The van der Waals surface area contributed by atoms with Crippen molar-refractivity contribution in [2.24, 2.45) is 0 Å². The van der Waals surface area contributed by atoms with Crippen LogP contribution in [-0.2, 0) is 34.5 Å². The minimum Gasteiger partial charge on any atom is -0.396 e. The van der Waals surface area contributed by atoms with E-state index >= 15 is 0 Å². The van der Waals surface area contributed by atoms with Gasteiger partial charge in [0.15, 0.2) is 0 Å². The number of ether oxygens (including phenoxy) is 1. The number of hydrogen-bond acceptors (Lipinski definition) is 5.